The van der Waals surface area contributed by atoms with Crippen molar-refractivity contribution in [2.24, 2.45) is 0 Å². The van der Waals surface area contributed by atoms with Gasteiger partial charge in [0.1, 0.15) is 11.6 Å². The molecule has 1 aromatic carbocycles. The molecule has 26 heavy (non-hydrogen) atoms. The number of anilines is 1. The molecular weight excluding hydrogens is 393 g/mol. The first-order chi connectivity index (χ1) is 12.4. The summed E-state index contributed by atoms with van der Waals surface area (Å²) in [6.45, 7) is 3.98. The number of nitrogens with one attached hydrogen (secondary N) is 1. The lowest BCUT2D eigenvalue weighted by molar-refractivity contribution is -0.113. The molecule has 3 rings (SSSR count). The summed E-state index contributed by atoms with van der Waals surface area (Å²) in [5.74, 6) is 0.402. The molecule has 0 fully saturated rings. The zero-order valence-corrected chi connectivity index (χ0v) is 16.5. The third-order valence-electron chi connectivity index (χ3n) is 3.35. The fourth-order valence-electron chi connectivity index (χ4n) is 2.20. The Bertz CT molecular complexity index is 961. The summed E-state index contributed by atoms with van der Waals surface area (Å²) in [5.41, 5.74) is 0.685. The molecule has 0 saturated carbocycles. The third-order valence-corrected chi connectivity index (χ3v) is 5.72. The maximum absolute atomic E-state index is 13.0. The van der Waals surface area contributed by atoms with E-state index < -0.39 is 0 Å². The zero-order chi connectivity index (χ0) is 18.7. The number of carbonyl (C=O) groups excluding carboxylic acids is 1. The number of amides is 1. The molecule has 0 aliphatic carbocycles. The largest absolute Gasteiger partial charge is 0.310 e. The van der Waals surface area contributed by atoms with Gasteiger partial charge in [-0.1, -0.05) is 23.1 Å². The first kappa shape index (κ1) is 18.7. The van der Waals surface area contributed by atoms with Crippen LogP contribution in [0.5, 0.6) is 0 Å². The molecule has 0 spiro atoms. The van der Waals surface area contributed by atoms with Crippen LogP contribution in [0.4, 0.5) is 10.2 Å². The highest BCUT2D eigenvalue weighted by atomic mass is 32.2. The van der Waals surface area contributed by atoms with E-state index in [1.54, 1.807) is 33.8 Å². The monoisotopic (exact) mass is 409 g/mol. The molecule has 0 aliphatic rings. The highest BCUT2D eigenvalue weighted by Crippen LogP contribution is 2.24. The highest BCUT2D eigenvalue weighted by Gasteiger charge is 2.12. The Balaban J connectivity index is 1.64. The van der Waals surface area contributed by atoms with Gasteiger partial charge in [0, 0.05) is 12.1 Å². The van der Waals surface area contributed by atoms with E-state index in [2.05, 4.69) is 15.5 Å². The van der Waals surface area contributed by atoms with E-state index in [9.17, 15) is 9.18 Å². The topological polar surface area (TPSA) is 64.7 Å². The van der Waals surface area contributed by atoms with E-state index >= 15 is 0 Å². The van der Waals surface area contributed by atoms with Crippen molar-refractivity contribution in [2.45, 2.75) is 24.2 Å². The number of thioether (sulfide) groups is 1. The molecule has 0 atom stereocenters. The molecule has 2 heterocycles. The van der Waals surface area contributed by atoms with Crippen LogP contribution in [0, 0.1) is 9.77 Å². The van der Waals surface area contributed by atoms with Gasteiger partial charge >= 0.3 is 0 Å². The lowest BCUT2D eigenvalue weighted by atomic mass is 10.3. The zero-order valence-electron chi connectivity index (χ0n) is 14.0. The summed E-state index contributed by atoms with van der Waals surface area (Å²) >= 11 is 7.92. The number of benzene rings is 1. The highest BCUT2D eigenvalue weighted by molar-refractivity contribution is 8.01. The van der Waals surface area contributed by atoms with E-state index in [1.165, 1.54) is 35.2 Å². The summed E-state index contributed by atoms with van der Waals surface area (Å²) < 4.78 is 17.6. The minimum absolute atomic E-state index is 0.146. The normalized spacial score (nSPS) is 11.1. The van der Waals surface area contributed by atoms with Crippen LogP contribution in [0.15, 0.2) is 40.9 Å². The van der Waals surface area contributed by atoms with Gasteiger partial charge in [-0.25, -0.2) is 13.8 Å². The summed E-state index contributed by atoms with van der Waals surface area (Å²) in [5, 5.41) is 11.4. The molecule has 0 bridgehead atoms. The van der Waals surface area contributed by atoms with Crippen molar-refractivity contribution in [1.29, 1.82) is 0 Å². The van der Waals surface area contributed by atoms with Crippen molar-refractivity contribution in [3.8, 4) is 5.69 Å². The van der Waals surface area contributed by atoms with Crippen LogP contribution in [0.25, 0.3) is 5.69 Å². The van der Waals surface area contributed by atoms with Gasteiger partial charge in [0.05, 0.1) is 17.6 Å². The number of nitrogens with zero attached hydrogens (tertiary/aromatic N) is 4. The Morgan fingerprint density at radius 1 is 1.35 bits per heavy atom. The van der Waals surface area contributed by atoms with Crippen LogP contribution in [0.2, 0.25) is 0 Å². The Labute approximate surface area is 163 Å². The standard InChI is InChI=1S/C16H16FN5OS3/c1-10(2)21-13(7-8-18-21)19-14(23)9-25-15-20-22(16(24)26-15)12-5-3-11(17)4-6-12/h3-8,10H,9H2,1-2H3,(H,19,23). The number of carbonyl (C=O) groups is 1. The molecule has 136 valence electrons. The van der Waals surface area contributed by atoms with Crippen LogP contribution in [-0.2, 0) is 4.79 Å². The summed E-state index contributed by atoms with van der Waals surface area (Å²) in [7, 11) is 0. The Kier molecular flexibility index (Phi) is 5.84. The molecular formula is C16H16FN5OS3. The second-order valence-corrected chi connectivity index (χ2v) is 8.46. The van der Waals surface area contributed by atoms with Crippen molar-refractivity contribution in [3.63, 3.8) is 0 Å². The summed E-state index contributed by atoms with van der Waals surface area (Å²) in [4.78, 5) is 12.2. The van der Waals surface area contributed by atoms with E-state index in [1.807, 2.05) is 13.8 Å². The second kappa shape index (κ2) is 8.11. The molecule has 0 aliphatic heterocycles. The maximum atomic E-state index is 13.0. The molecule has 3 aromatic rings. The number of rotatable bonds is 6. The Hall–Kier alpha value is -2.04. The molecule has 0 radical (unpaired) electrons. The Morgan fingerprint density at radius 2 is 2.08 bits per heavy atom. The van der Waals surface area contributed by atoms with Crippen molar-refractivity contribution in [3.05, 3.63) is 46.3 Å². The fourth-order valence-corrected chi connectivity index (χ4v) is 4.36. The van der Waals surface area contributed by atoms with Gasteiger partial charge in [-0.3, -0.25) is 4.79 Å². The third kappa shape index (κ3) is 4.37. The smallest absolute Gasteiger partial charge is 0.235 e. The average Bonchev–Trinajstić information content (AvgIpc) is 3.20. The molecule has 1 N–H and O–H groups in total. The molecule has 1 amide bonds. The van der Waals surface area contributed by atoms with Crippen molar-refractivity contribution >= 4 is 47.0 Å². The maximum Gasteiger partial charge on any atom is 0.235 e. The average molecular weight is 410 g/mol. The quantitative estimate of drug-likeness (QED) is 0.485. The van der Waals surface area contributed by atoms with Crippen LogP contribution in [-0.4, -0.2) is 31.2 Å². The molecule has 10 heteroatoms. The van der Waals surface area contributed by atoms with Gasteiger partial charge in [0.25, 0.3) is 0 Å². The van der Waals surface area contributed by atoms with E-state index in [4.69, 9.17) is 12.2 Å². The molecule has 2 aromatic heterocycles. The number of aromatic nitrogens is 4. The number of hydrogen-bond donors (Lipinski definition) is 1. The van der Waals surface area contributed by atoms with Crippen LogP contribution < -0.4 is 5.32 Å². The van der Waals surface area contributed by atoms with Gasteiger partial charge < -0.3 is 5.32 Å². The van der Waals surface area contributed by atoms with E-state index in [0.717, 1.165) is 0 Å². The molecule has 0 saturated heterocycles. The van der Waals surface area contributed by atoms with Crippen LogP contribution >= 0.6 is 35.3 Å². The SMILES string of the molecule is CC(C)n1nccc1NC(=O)CSc1nn(-c2ccc(F)cc2)c(=S)s1. The van der Waals surface area contributed by atoms with Gasteiger partial charge in [-0.15, -0.1) is 5.10 Å². The summed E-state index contributed by atoms with van der Waals surface area (Å²) in [6, 6.07) is 7.85. The van der Waals surface area contributed by atoms with Crippen molar-refractivity contribution in [2.75, 3.05) is 11.1 Å². The predicted molar refractivity (Wildman–Crippen MR) is 104 cm³/mol. The lowest BCUT2D eigenvalue weighted by Crippen LogP contribution is -2.18. The minimum Gasteiger partial charge on any atom is -0.310 e. The van der Waals surface area contributed by atoms with Gasteiger partial charge in [0.15, 0.2) is 8.29 Å². The minimum atomic E-state index is -0.317. The van der Waals surface area contributed by atoms with Crippen molar-refractivity contribution in [1.82, 2.24) is 19.6 Å². The lowest BCUT2D eigenvalue weighted by Gasteiger charge is -2.11. The fraction of sp³-hybridized carbons (Fsp3) is 0.250. The number of hydrogen-bond acceptors (Lipinski definition) is 6. The van der Waals surface area contributed by atoms with Crippen LogP contribution in [0.3, 0.4) is 0 Å². The second-order valence-electron chi connectivity index (χ2n) is 5.61. The van der Waals surface area contributed by atoms with Gasteiger partial charge in [-0.05, 0) is 50.3 Å². The van der Waals surface area contributed by atoms with Gasteiger partial charge in [0.2, 0.25) is 5.91 Å². The predicted octanol–water partition coefficient (Wildman–Crippen LogP) is 4.31. The Morgan fingerprint density at radius 3 is 2.77 bits per heavy atom. The molecule has 6 nitrogen and oxygen atoms in total. The first-order valence-corrected chi connectivity index (χ1v) is 9.97. The van der Waals surface area contributed by atoms with Crippen LogP contribution in [0.1, 0.15) is 19.9 Å². The van der Waals surface area contributed by atoms with Crippen molar-refractivity contribution < 1.29 is 9.18 Å². The van der Waals surface area contributed by atoms with E-state index in [0.29, 0.717) is 19.8 Å². The molecule has 0 unspecified atom stereocenters. The van der Waals surface area contributed by atoms with Gasteiger partial charge in [-0.2, -0.15) is 5.10 Å². The van der Waals surface area contributed by atoms with E-state index in [-0.39, 0.29) is 23.5 Å². The number of halogens is 1. The first-order valence-electron chi connectivity index (χ1n) is 7.76. The summed E-state index contributed by atoms with van der Waals surface area (Å²) in [6.07, 6.45) is 1.65.